The Hall–Kier alpha value is -1.81. The van der Waals surface area contributed by atoms with Crippen LogP contribution in [0.15, 0.2) is 35.5 Å². The second kappa shape index (κ2) is 9.19. The lowest BCUT2D eigenvalue weighted by Gasteiger charge is -2.17. The second-order valence-corrected chi connectivity index (χ2v) is 4.33. The molecular formula is C13H20N4O4. The summed E-state index contributed by atoms with van der Waals surface area (Å²) in [5, 5.41) is 41.3. The van der Waals surface area contributed by atoms with E-state index in [1.165, 1.54) is 18.3 Å². The lowest BCUT2D eigenvalue weighted by atomic mass is 10.2. The van der Waals surface area contributed by atoms with E-state index in [0.29, 0.717) is 0 Å². The molecule has 0 fully saturated rings. The van der Waals surface area contributed by atoms with Gasteiger partial charge in [0.15, 0.2) is 11.4 Å². The molecule has 0 spiro atoms. The number of quaternary nitrogens is 2. The van der Waals surface area contributed by atoms with Gasteiger partial charge in [0.05, 0.1) is 6.07 Å². The van der Waals surface area contributed by atoms with Crippen LogP contribution in [0.25, 0.3) is 0 Å². The first-order chi connectivity index (χ1) is 10.1. The zero-order valence-corrected chi connectivity index (χ0v) is 11.7. The first-order valence-electron chi connectivity index (χ1n) is 6.61. The minimum Gasteiger partial charge on any atom is -0.595 e. The van der Waals surface area contributed by atoms with Crippen molar-refractivity contribution < 1.29 is 20.9 Å². The minimum absolute atomic E-state index is 0.0820. The summed E-state index contributed by atoms with van der Waals surface area (Å²) in [7, 11) is 0. The number of nitrogens with zero attached hydrogens (tertiary/aromatic N) is 1. The Morgan fingerprint density at radius 3 is 2.67 bits per heavy atom. The highest BCUT2D eigenvalue weighted by Gasteiger charge is 2.12. The molecule has 2 unspecified atom stereocenters. The molecule has 2 atom stereocenters. The van der Waals surface area contributed by atoms with Gasteiger partial charge >= 0.3 is 0 Å². The fourth-order valence-corrected chi connectivity index (χ4v) is 1.58. The van der Waals surface area contributed by atoms with E-state index >= 15 is 0 Å². The van der Waals surface area contributed by atoms with Crippen LogP contribution in [0.3, 0.4) is 0 Å². The molecule has 0 saturated carbocycles. The summed E-state index contributed by atoms with van der Waals surface area (Å²) < 4.78 is 0. The lowest BCUT2D eigenvalue weighted by molar-refractivity contribution is -0.996. The van der Waals surface area contributed by atoms with Crippen LogP contribution >= 0.6 is 0 Å². The van der Waals surface area contributed by atoms with E-state index in [1.807, 2.05) is 6.08 Å². The highest BCUT2D eigenvalue weighted by Crippen LogP contribution is 2.20. The molecule has 5 N–H and O–H groups in total. The number of benzene rings is 1. The van der Waals surface area contributed by atoms with E-state index in [4.69, 9.17) is 10.4 Å². The molecule has 1 aromatic rings. The fraction of sp³-hybridized carbons (Fsp3) is 0.308. The number of anilines is 1. The van der Waals surface area contributed by atoms with E-state index in [2.05, 4.69) is 17.5 Å². The van der Waals surface area contributed by atoms with Crippen molar-refractivity contribution in [3.8, 4) is 0 Å². The van der Waals surface area contributed by atoms with Gasteiger partial charge in [-0.3, -0.25) is 5.43 Å². The molecule has 0 amide bonds. The highest BCUT2D eigenvalue weighted by atomic mass is 16.8. The van der Waals surface area contributed by atoms with Crippen LogP contribution < -0.4 is 15.9 Å². The van der Waals surface area contributed by atoms with Gasteiger partial charge in [-0.2, -0.15) is 15.6 Å². The molecular weight excluding hydrogens is 276 g/mol. The van der Waals surface area contributed by atoms with Gasteiger partial charge in [0, 0.05) is 12.3 Å². The van der Waals surface area contributed by atoms with Gasteiger partial charge in [0.25, 0.3) is 0 Å². The van der Waals surface area contributed by atoms with Crippen LogP contribution in [-0.2, 0) is 0 Å². The number of allylic oxidation sites excluding steroid dienone is 2. The summed E-state index contributed by atoms with van der Waals surface area (Å²) >= 11 is 0. The van der Waals surface area contributed by atoms with Gasteiger partial charge in [0.2, 0.25) is 0 Å². The van der Waals surface area contributed by atoms with Gasteiger partial charge in [-0.25, -0.2) is 10.4 Å². The lowest BCUT2D eigenvalue weighted by Crippen LogP contribution is -3.00. The monoisotopic (exact) mass is 296 g/mol. The maximum Gasteiger partial charge on any atom is 0.195 e. The maximum absolute atomic E-state index is 11.1. The van der Waals surface area contributed by atoms with Crippen LogP contribution in [0.1, 0.15) is 26.2 Å². The number of nitrogens with one attached hydrogen (secondary N) is 3. The average Bonchev–Trinajstić information content (AvgIpc) is 2.46. The molecule has 21 heavy (non-hydrogen) atoms. The first-order valence-corrected chi connectivity index (χ1v) is 6.61. The van der Waals surface area contributed by atoms with Gasteiger partial charge in [-0.1, -0.05) is 25.8 Å². The molecule has 0 saturated heterocycles. The van der Waals surface area contributed by atoms with E-state index in [-0.39, 0.29) is 17.1 Å². The van der Waals surface area contributed by atoms with E-state index in [9.17, 15) is 10.4 Å². The molecule has 1 aromatic carbocycles. The quantitative estimate of drug-likeness (QED) is 0.274. The zero-order chi connectivity index (χ0) is 15.7. The molecule has 0 aliphatic carbocycles. The summed E-state index contributed by atoms with van der Waals surface area (Å²) in [6, 6.07) is 3.80. The minimum atomic E-state index is -1.21. The summed E-state index contributed by atoms with van der Waals surface area (Å²) in [5.74, 6) is 0. The molecule has 0 heterocycles. The van der Waals surface area contributed by atoms with Crippen molar-refractivity contribution in [3.63, 3.8) is 0 Å². The smallest absolute Gasteiger partial charge is 0.195 e. The Labute approximate surface area is 122 Å². The third-order valence-corrected chi connectivity index (χ3v) is 2.70. The number of rotatable bonds is 8. The predicted molar refractivity (Wildman–Crippen MR) is 78.8 cm³/mol. The van der Waals surface area contributed by atoms with Gasteiger partial charge in [0.1, 0.15) is 5.69 Å². The summed E-state index contributed by atoms with van der Waals surface area (Å²) in [6.45, 7) is 2.11. The molecule has 8 heteroatoms. The van der Waals surface area contributed by atoms with Crippen molar-refractivity contribution in [3.05, 3.63) is 40.8 Å². The van der Waals surface area contributed by atoms with Crippen molar-refractivity contribution >= 4 is 23.3 Å². The average molecular weight is 296 g/mol. The molecule has 0 bridgehead atoms. The SMILES string of the molecule is CCCCC=CC=NNc1ccc([NH+]([O-])O)cc1[NH+]([O-])O. The van der Waals surface area contributed by atoms with Gasteiger partial charge in [-0.05, 0) is 18.6 Å². The molecule has 0 radical (unpaired) electrons. The van der Waals surface area contributed by atoms with Crippen molar-refractivity contribution in [2.75, 3.05) is 5.43 Å². The van der Waals surface area contributed by atoms with Crippen LogP contribution in [0.4, 0.5) is 17.1 Å². The van der Waals surface area contributed by atoms with Crippen LogP contribution in [0, 0.1) is 10.4 Å². The largest absolute Gasteiger partial charge is 0.595 e. The Kier molecular flexibility index (Phi) is 7.54. The third-order valence-electron chi connectivity index (χ3n) is 2.70. The van der Waals surface area contributed by atoms with Crippen molar-refractivity contribution in [2.24, 2.45) is 5.10 Å². The van der Waals surface area contributed by atoms with E-state index < -0.39 is 10.5 Å². The van der Waals surface area contributed by atoms with Gasteiger partial charge < -0.3 is 10.4 Å². The summed E-state index contributed by atoms with van der Waals surface area (Å²) in [5.41, 5.74) is 2.62. The number of hydrazone groups is 1. The van der Waals surface area contributed by atoms with Crippen LogP contribution in [0.5, 0.6) is 0 Å². The topological polar surface area (TPSA) is 120 Å². The van der Waals surface area contributed by atoms with Crippen molar-refractivity contribution in [1.82, 2.24) is 0 Å². The number of hydrogen-bond acceptors (Lipinski definition) is 6. The normalized spacial score (nSPS) is 14.7. The van der Waals surface area contributed by atoms with Crippen molar-refractivity contribution in [1.29, 1.82) is 0 Å². The molecule has 0 aromatic heterocycles. The molecule has 0 aliphatic heterocycles. The fourth-order valence-electron chi connectivity index (χ4n) is 1.58. The Balaban J connectivity index is 2.70. The van der Waals surface area contributed by atoms with Crippen molar-refractivity contribution in [2.45, 2.75) is 26.2 Å². The molecule has 0 aliphatic rings. The van der Waals surface area contributed by atoms with E-state index in [0.717, 1.165) is 25.3 Å². The zero-order valence-electron chi connectivity index (χ0n) is 11.7. The Morgan fingerprint density at radius 1 is 1.29 bits per heavy atom. The summed E-state index contributed by atoms with van der Waals surface area (Å²) in [4.78, 5) is 0. The molecule has 1 rings (SSSR count). The standard InChI is InChI=1S/C13H20N4O4/c1-2-3-4-5-6-9-14-15-12-8-7-11(16(18)19)10-13(12)17(20)21/h5-10,15-18,20H,2-4H2,1H3. The predicted octanol–water partition coefficient (Wildman–Crippen LogP) is 0.638. The van der Waals surface area contributed by atoms with Crippen LogP contribution in [0.2, 0.25) is 0 Å². The van der Waals surface area contributed by atoms with Crippen LogP contribution in [-0.4, -0.2) is 16.6 Å². The van der Waals surface area contributed by atoms with E-state index in [1.54, 1.807) is 6.08 Å². The second-order valence-electron chi connectivity index (χ2n) is 4.33. The summed E-state index contributed by atoms with van der Waals surface area (Å²) in [6.07, 6.45) is 8.47. The molecule has 8 nitrogen and oxygen atoms in total. The Morgan fingerprint density at radius 2 is 2.05 bits per heavy atom. The Bertz CT molecular complexity index is 489. The molecule has 116 valence electrons. The van der Waals surface area contributed by atoms with Gasteiger partial charge in [-0.15, -0.1) is 0 Å². The third kappa shape index (κ3) is 6.00. The first kappa shape index (κ1) is 17.2. The number of unbranched alkanes of at least 4 members (excludes halogenated alkanes) is 2. The highest BCUT2D eigenvalue weighted by molar-refractivity contribution is 5.73. The maximum atomic E-state index is 11.1. The number of hydrogen-bond donors (Lipinski definition) is 5.